The van der Waals surface area contributed by atoms with Crippen molar-refractivity contribution in [1.82, 2.24) is 4.90 Å². The van der Waals surface area contributed by atoms with Crippen LogP contribution in [0.15, 0.2) is 0 Å². The van der Waals surface area contributed by atoms with Gasteiger partial charge in [-0.2, -0.15) is 0 Å². The van der Waals surface area contributed by atoms with Gasteiger partial charge >= 0.3 is 0 Å². The average molecular weight is 260 g/mol. The molecule has 0 aromatic heterocycles. The van der Waals surface area contributed by atoms with E-state index in [1.165, 1.54) is 0 Å². The van der Waals surface area contributed by atoms with E-state index in [4.69, 9.17) is 15.6 Å². The average Bonchev–Trinajstić information content (AvgIpc) is 2.32. The summed E-state index contributed by atoms with van der Waals surface area (Å²) in [5.41, 5.74) is 5.70. The largest absolute Gasteiger partial charge is 0.395 e. The molecule has 0 fully saturated rings. The number of amides is 1. The van der Waals surface area contributed by atoms with Crippen LogP contribution in [-0.4, -0.2) is 55.9 Å². The van der Waals surface area contributed by atoms with Crippen LogP contribution in [0.1, 0.15) is 26.7 Å². The Bertz CT molecular complexity index is 222. The highest BCUT2D eigenvalue weighted by Crippen LogP contribution is 2.15. The van der Waals surface area contributed by atoms with Gasteiger partial charge in [0.05, 0.1) is 13.2 Å². The molecule has 0 aromatic carbocycles. The molecular formula is C13H28N2O3. The van der Waals surface area contributed by atoms with E-state index in [0.29, 0.717) is 38.6 Å². The Kier molecular flexibility index (Phi) is 9.92. The molecule has 1 atom stereocenters. The van der Waals surface area contributed by atoms with Crippen molar-refractivity contribution in [3.63, 3.8) is 0 Å². The summed E-state index contributed by atoms with van der Waals surface area (Å²) in [5.74, 6) is 0.815. The number of nitrogens with zero attached hydrogens (tertiary/aromatic N) is 1. The van der Waals surface area contributed by atoms with Crippen molar-refractivity contribution in [3.05, 3.63) is 0 Å². The Morgan fingerprint density at radius 1 is 1.39 bits per heavy atom. The van der Waals surface area contributed by atoms with Crippen molar-refractivity contribution in [2.24, 2.45) is 17.6 Å². The van der Waals surface area contributed by atoms with Crippen molar-refractivity contribution in [1.29, 1.82) is 0 Å². The lowest BCUT2D eigenvalue weighted by atomic mass is 9.94. The molecule has 0 aliphatic rings. The molecule has 0 heterocycles. The number of hydrogen-bond donors (Lipinski definition) is 2. The first-order valence-corrected chi connectivity index (χ1v) is 6.62. The quantitative estimate of drug-likeness (QED) is 0.598. The minimum Gasteiger partial charge on any atom is -0.395 e. The van der Waals surface area contributed by atoms with Crippen LogP contribution in [0.5, 0.6) is 0 Å². The van der Waals surface area contributed by atoms with E-state index in [-0.39, 0.29) is 18.4 Å². The zero-order valence-corrected chi connectivity index (χ0v) is 11.9. The smallest absolute Gasteiger partial charge is 0.223 e. The molecule has 5 heteroatoms. The fourth-order valence-corrected chi connectivity index (χ4v) is 1.99. The SMILES string of the molecule is COCCN(CCO)C(=O)C[C@@H](CN)CC(C)C. The third-order valence-electron chi connectivity index (χ3n) is 2.89. The zero-order chi connectivity index (χ0) is 14.0. The summed E-state index contributed by atoms with van der Waals surface area (Å²) < 4.78 is 4.96. The molecule has 0 radical (unpaired) electrons. The maximum atomic E-state index is 12.1. The second-order valence-corrected chi connectivity index (χ2v) is 5.03. The lowest BCUT2D eigenvalue weighted by Crippen LogP contribution is -2.38. The highest BCUT2D eigenvalue weighted by atomic mass is 16.5. The Morgan fingerprint density at radius 2 is 2.06 bits per heavy atom. The Balaban J connectivity index is 4.27. The maximum absolute atomic E-state index is 12.1. The van der Waals surface area contributed by atoms with E-state index in [9.17, 15) is 4.79 Å². The third-order valence-corrected chi connectivity index (χ3v) is 2.89. The number of methoxy groups -OCH3 is 1. The lowest BCUT2D eigenvalue weighted by molar-refractivity contribution is -0.133. The first-order chi connectivity index (χ1) is 8.54. The van der Waals surface area contributed by atoms with Gasteiger partial charge in [0.25, 0.3) is 0 Å². The monoisotopic (exact) mass is 260 g/mol. The summed E-state index contributed by atoms with van der Waals surface area (Å²) in [6.07, 6.45) is 1.41. The normalized spacial score (nSPS) is 12.8. The number of nitrogens with two attached hydrogens (primary N) is 1. The molecule has 5 nitrogen and oxygen atoms in total. The van der Waals surface area contributed by atoms with Gasteiger partial charge in [0.1, 0.15) is 0 Å². The van der Waals surface area contributed by atoms with E-state index in [0.717, 1.165) is 6.42 Å². The number of aliphatic hydroxyl groups is 1. The van der Waals surface area contributed by atoms with Crippen LogP contribution in [0.4, 0.5) is 0 Å². The molecule has 18 heavy (non-hydrogen) atoms. The van der Waals surface area contributed by atoms with E-state index in [1.54, 1.807) is 12.0 Å². The Labute approximate surface area is 110 Å². The Morgan fingerprint density at radius 3 is 2.50 bits per heavy atom. The number of aliphatic hydroxyl groups excluding tert-OH is 1. The highest BCUT2D eigenvalue weighted by Gasteiger charge is 2.18. The standard InChI is InChI=1S/C13H28N2O3/c1-11(2)8-12(10-14)9-13(17)15(4-6-16)5-7-18-3/h11-12,16H,4-10,14H2,1-3H3/t12-/m0/s1. The summed E-state index contributed by atoms with van der Waals surface area (Å²) in [6.45, 7) is 6.14. The zero-order valence-electron chi connectivity index (χ0n) is 11.9. The van der Waals surface area contributed by atoms with Gasteiger partial charge in [0.2, 0.25) is 5.91 Å². The molecule has 0 aliphatic carbocycles. The van der Waals surface area contributed by atoms with Gasteiger partial charge < -0.3 is 20.5 Å². The molecule has 0 saturated heterocycles. The minimum absolute atomic E-state index is 0.0209. The van der Waals surface area contributed by atoms with Crippen molar-refractivity contribution < 1.29 is 14.6 Å². The molecule has 108 valence electrons. The van der Waals surface area contributed by atoms with Gasteiger partial charge in [0.15, 0.2) is 0 Å². The first kappa shape index (κ1) is 17.4. The van der Waals surface area contributed by atoms with Gasteiger partial charge in [-0.1, -0.05) is 13.8 Å². The fraction of sp³-hybridized carbons (Fsp3) is 0.923. The molecule has 0 unspecified atom stereocenters. The van der Waals surface area contributed by atoms with Gasteiger partial charge in [-0.3, -0.25) is 4.79 Å². The van der Waals surface area contributed by atoms with Crippen molar-refractivity contribution in [3.8, 4) is 0 Å². The van der Waals surface area contributed by atoms with Crippen molar-refractivity contribution in [2.45, 2.75) is 26.7 Å². The predicted octanol–water partition coefficient (Wildman–Crippen LogP) is 0.465. The van der Waals surface area contributed by atoms with Gasteiger partial charge in [-0.05, 0) is 24.8 Å². The second-order valence-electron chi connectivity index (χ2n) is 5.03. The third kappa shape index (κ3) is 7.63. The summed E-state index contributed by atoms with van der Waals surface area (Å²) >= 11 is 0. The molecule has 0 bridgehead atoms. The summed E-state index contributed by atoms with van der Waals surface area (Å²) in [4.78, 5) is 13.7. The fourth-order valence-electron chi connectivity index (χ4n) is 1.99. The molecule has 0 aromatic rings. The summed E-state index contributed by atoms with van der Waals surface area (Å²) in [7, 11) is 1.60. The topological polar surface area (TPSA) is 75.8 Å². The Hall–Kier alpha value is -0.650. The second kappa shape index (κ2) is 10.3. The van der Waals surface area contributed by atoms with Crippen LogP contribution in [0, 0.1) is 11.8 Å². The number of hydrogen-bond acceptors (Lipinski definition) is 4. The lowest BCUT2D eigenvalue weighted by Gasteiger charge is -2.24. The van der Waals surface area contributed by atoms with Crippen molar-refractivity contribution >= 4 is 5.91 Å². The molecule has 0 saturated carbocycles. The van der Waals surface area contributed by atoms with E-state index >= 15 is 0 Å². The molecule has 0 spiro atoms. The van der Waals surface area contributed by atoms with Gasteiger partial charge in [-0.15, -0.1) is 0 Å². The number of ether oxygens (including phenoxy) is 1. The maximum Gasteiger partial charge on any atom is 0.223 e. The van der Waals surface area contributed by atoms with Crippen LogP contribution < -0.4 is 5.73 Å². The number of rotatable bonds is 10. The van der Waals surface area contributed by atoms with Gasteiger partial charge in [0, 0.05) is 26.6 Å². The number of carbonyl (C=O) groups excluding carboxylic acids is 1. The van der Waals surface area contributed by atoms with Crippen LogP contribution >= 0.6 is 0 Å². The van der Waals surface area contributed by atoms with Crippen molar-refractivity contribution in [2.75, 3.05) is 40.0 Å². The van der Waals surface area contributed by atoms with E-state index in [1.807, 2.05) is 0 Å². The van der Waals surface area contributed by atoms with E-state index in [2.05, 4.69) is 13.8 Å². The van der Waals surface area contributed by atoms with Gasteiger partial charge in [-0.25, -0.2) is 0 Å². The van der Waals surface area contributed by atoms with Crippen LogP contribution in [0.25, 0.3) is 0 Å². The van der Waals surface area contributed by atoms with Crippen LogP contribution in [-0.2, 0) is 9.53 Å². The van der Waals surface area contributed by atoms with Crippen LogP contribution in [0.3, 0.4) is 0 Å². The minimum atomic E-state index is -0.0209. The summed E-state index contributed by atoms with van der Waals surface area (Å²) in [6, 6.07) is 0. The summed E-state index contributed by atoms with van der Waals surface area (Å²) in [5, 5.41) is 8.96. The molecular weight excluding hydrogens is 232 g/mol. The first-order valence-electron chi connectivity index (χ1n) is 6.62. The number of carbonyl (C=O) groups is 1. The molecule has 0 aliphatic heterocycles. The molecule has 3 N–H and O–H groups in total. The highest BCUT2D eigenvalue weighted by molar-refractivity contribution is 5.76. The molecule has 1 amide bonds. The van der Waals surface area contributed by atoms with Crippen LogP contribution in [0.2, 0.25) is 0 Å². The predicted molar refractivity (Wildman–Crippen MR) is 72.2 cm³/mol. The molecule has 0 rings (SSSR count). The van der Waals surface area contributed by atoms with E-state index < -0.39 is 0 Å².